The Morgan fingerprint density at radius 1 is 0.900 bits per heavy atom. The Hall–Kier alpha value is -3.51. The van der Waals surface area contributed by atoms with Gasteiger partial charge in [-0.25, -0.2) is 0 Å². The first-order chi connectivity index (χ1) is 18.5. The second kappa shape index (κ2) is 13.7. The molecule has 3 N–H and O–H groups in total. The first kappa shape index (κ1) is 32.7. The lowest BCUT2D eigenvalue weighted by Gasteiger charge is -2.27. The summed E-state index contributed by atoms with van der Waals surface area (Å²) < 4.78 is 66.1. The summed E-state index contributed by atoms with van der Waals surface area (Å²) in [6, 6.07) is 8.63. The number of carbonyl (C=O) groups excluding carboxylic acids is 4. The van der Waals surface area contributed by atoms with Crippen LogP contribution in [0.4, 0.5) is 22.0 Å². The molecule has 0 fully saturated rings. The lowest BCUT2D eigenvalue weighted by molar-refractivity contribution is -0.165. The zero-order valence-electron chi connectivity index (χ0n) is 21.0. The van der Waals surface area contributed by atoms with Crippen LogP contribution < -0.4 is 16.0 Å². The number of carbonyl (C=O) groups is 4. The zero-order chi connectivity index (χ0) is 30.3. The van der Waals surface area contributed by atoms with Crippen molar-refractivity contribution in [2.24, 2.45) is 5.92 Å². The van der Waals surface area contributed by atoms with Crippen molar-refractivity contribution in [3.05, 3.63) is 75.8 Å². The van der Waals surface area contributed by atoms with Crippen LogP contribution >= 0.6 is 23.2 Å². The minimum atomic E-state index is -4.99. The van der Waals surface area contributed by atoms with Crippen molar-refractivity contribution in [3.8, 4) is 0 Å². The summed E-state index contributed by atoms with van der Waals surface area (Å²) in [7, 11) is 0. The lowest BCUT2D eigenvalue weighted by Crippen LogP contribution is -2.58. The molecule has 0 aliphatic heterocycles. The number of rotatable bonds is 11. The number of hydrogen-bond acceptors (Lipinski definition) is 4. The third kappa shape index (κ3) is 9.60. The molecule has 2 aromatic carbocycles. The fourth-order valence-corrected chi connectivity index (χ4v) is 3.89. The summed E-state index contributed by atoms with van der Waals surface area (Å²) in [5, 5.41) is 6.09. The van der Waals surface area contributed by atoms with Gasteiger partial charge in [0.05, 0.1) is 6.04 Å². The Morgan fingerprint density at radius 3 is 2.00 bits per heavy atom. The van der Waals surface area contributed by atoms with E-state index < -0.39 is 60.1 Å². The van der Waals surface area contributed by atoms with Gasteiger partial charge in [0.25, 0.3) is 5.91 Å². The molecule has 0 aromatic heterocycles. The van der Waals surface area contributed by atoms with Gasteiger partial charge in [0, 0.05) is 16.1 Å². The number of hydrogen-bond donors (Lipinski definition) is 3. The van der Waals surface area contributed by atoms with Gasteiger partial charge in [0.1, 0.15) is 12.6 Å². The second-order valence-corrected chi connectivity index (χ2v) is 9.73. The van der Waals surface area contributed by atoms with Gasteiger partial charge in [0.2, 0.25) is 17.6 Å². The molecule has 2 rings (SSSR count). The van der Waals surface area contributed by atoms with E-state index >= 15 is 0 Å². The SMILES string of the molecule is CC(C)[C@H](NC(=O)C(NC(=O)/C=C/c1cc(Cl)cc(Cl)c1)c1ccccc1)C(=O)C(F)(F)C(=O)NCC(F)(F)F. The van der Waals surface area contributed by atoms with E-state index in [1.54, 1.807) is 6.07 Å². The first-order valence-electron chi connectivity index (χ1n) is 11.6. The Kier molecular flexibility index (Phi) is 11.2. The molecule has 2 aromatic rings. The molecule has 0 radical (unpaired) electrons. The number of alkyl halides is 5. The lowest BCUT2D eigenvalue weighted by atomic mass is 9.94. The predicted octanol–water partition coefficient (Wildman–Crippen LogP) is 4.89. The van der Waals surface area contributed by atoms with E-state index in [2.05, 4.69) is 10.6 Å². The highest BCUT2D eigenvalue weighted by molar-refractivity contribution is 6.34. The van der Waals surface area contributed by atoms with Crippen LogP contribution in [0, 0.1) is 5.92 Å². The van der Waals surface area contributed by atoms with Crippen LogP contribution in [0.25, 0.3) is 6.08 Å². The molecule has 216 valence electrons. The molecule has 0 heterocycles. The van der Waals surface area contributed by atoms with Crippen molar-refractivity contribution in [3.63, 3.8) is 0 Å². The molecule has 0 spiro atoms. The molecular weight excluding hydrogens is 584 g/mol. The first-order valence-corrected chi connectivity index (χ1v) is 12.3. The maximum atomic E-state index is 14.5. The van der Waals surface area contributed by atoms with Crippen LogP contribution in [0.2, 0.25) is 10.0 Å². The molecule has 7 nitrogen and oxygen atoms in total. The highest BCUT2D eigenvalue weighted by atomic mass is 35.5. The van der Waals surface area contributed by atoms with Gasteiger partial charge in [-0.3, -0.25) is 19.2 Å². The smallest absolute Gasteiger partial charge is 0.344 e. The quantitative estimate of drug-likeness (QED) is 0.192. The summed E-state index contributed by atoms with van der Waals surface area (Å²) in [6.07, 6.45) is -2.57. The van der Waals surface area contributed by atoms with Gasteiger partial charge in [-0.1, -0.05) is 67.4 Å². The molecule has 0 bridgehead atoms. The summed E-state index contributed by atoms with van der Waals surface area (Å²) in [6.45, 7) is 0.480. The molecule has 2 atom stereocenters. The molecule has 14 heteroatoms. The minimum Gasteiger partial charge on any atom is -0.344 e. The molecule has 0 saturated carbocycles. The van der Waals surface area contributed by atoms with Crippen LogP contribution in [0.3, 0.4) is 0 Å². The summed E-state index contributed by atoms with van der Waals surface area (Å²) in [4.78, 5) is 50.1. The highest BCUT2D eigenvalue weighted by Crippen LogP contribution is 2.23. The molecule has 0 aliphatic rings. The summed E-state index contributed by atoms with van der Waals surface area (Å²) in [5.74, 6) is -12.4. The molecule has 1 unspecified atom stereocenters. The summed E-state index contributed by atoms with van der Waals surface area (Å²) in [5.41, 5.74) is 0.682. The largest absolute Gasteiger partial charge is 0.405 e. The molecule has 40 heavy (non-hydrogen) atoms. The molecule has 0 saturated heterocycles. The number of nitrogens with one attached hydrogen (secondary N) is 3. The third-order valence-corrected chi connectivity index (χ3v) is 5.72. The Morgan fingerprint density at radius 2 is 1.48 bits per heavy atom. The van der Waals surface area contributed by atoms with E-state index in [-0.39, 0.29) is 5.56 Å². The van der Waals surface area contributed by atoms with E-state index in [4.69, 9.17) is 23.2 Å². The van der Waals surface area contributed by atoms with Crippen LogP contribution in [-0.4, -0.2) is 48.2 Å². The topological polar surface area (TPSA) is 104 Å². The Balaban J connectivity index is 2.27. The Bertz CT molecular complexity index is 1250. The summed E-state index contributed by atoms with van der Waals surface area (Å²) >= 11 is 11.9. The van der Waals surface area contributed by atoms with Crippen LogP contribution in [0.5, 0.6) is 0 Å². The van der Waals surface area contributed by atoms with Crippen LogP contribution in [0.1, 0.15) is 31.0 Å². The van der Waals surface area contributed by atoms with Gasteiger partial charge in [-0.15, -0.1) is 0 Å². The zero-order valence-corrected chi connectivity index (χ0v) is 22.5. The van der Waals surface area contributed by atoms with E-state index in [9.17, 15) is 41.1 Å². The number of benzene rings is 2. The van der Waals surface area contributed by atoms with Gasteiger partial charge >= 0.3 is 12.1 Å². The van der Waals surface area contributed by atoms with Gasteiger partial charge in [0.15, 0.2) is 0 Å². The van der Waals surface area contributed by atoms with Crippen LogP contribution in [0.15, 0.2) is 54.6 Å². The maximum absolute atomic E-state index is 14.5. The van der Waals surface area contributed by atoms with E-state index in [1.807, 2.05) is 0 Å². The van der Waals surface area contributed by atoms with E-state index in [0.29, 0.717) is 15.6 Å². The molecule has 0 aliphatic carbocycles. The number of halogens is 7. The standard InChI is InChI=1S/C26H24Cl2F5N3O4/c1-14(2)20(22(38)26(32,33)24(40)34-13-25(29,30)31)36-23(39)21(16-6-4-3-5-7-16)35-19(37)9-8-15-10-17(27)12-18(28)11-15/h3-12,14,20-21H,13H2,1-2H3,(H,34,40)(H,35,37)(H,36,39)/b9-8+/t20-,21?/m0/s1. The average molecular weight is 608 g/mol. The van der Waals surface area contributed by atoms with Crippen LogP contribution in [-0.2, 0) is 19.2 Å². The van der Waals surface area contributed by atoms with E-state index in [0.717, 1.165) is 11.4 Å². The fourth-order valence-electron chi connectivity index (χ4n) is 3.35. The minimum absolute atomic E-state index is 0.220. The second-order valence-electron chi connectivity index (χ2n) is 8.86. The van der Waals surface area contributed by atoms with E-state index in [1.165, 1.54) is 62.4 Å². The third-order valence-electron chi connectivity index (χ3n) is 5.28. The average Bonchev–Trinajstić information content (AvgIpc) is 2.86. The van der Waals surface area contributed by atoms with Crippen molar-refractivity contribution < 1.29 is 41.1 Å². The molecular formula is C26H24Cl2F5N3O4. The van der Waals surface area contributed by atoms with Crippen molar-refractivity contribution in [2.45, 2.75) is 38.0 Å². The van der Waals surface area contributed by atoms with Crippen molar-refractivity contribution in [2.75, 3.05) is 6.54 Å². The monoisotopic (exact) mass is 607 g/mol. The Labute approximate surface area is 236 Å². The van der Waals surface area contributed by atoms with Gasteiger partial charge < -0.3 is 16.0 Å². The molecule has 3 amide bonds. The fraction of sp³-hybridized carbons (Fsp3) is 0.308. The van der Waals surface area contributed by atoms with Crippen molar-refractivity contribution in [1.82, 2.24) is 16.0 Å². The maximum Gasteiger partial charge on any atom is 0.405 e. The van der Waals surface area contributed by atoms with Gasteiger partial charge in [-0.05, 0) is 41.3 Å². The highest BCUT2D eigenvalue weighted by Gasteiger charge is 2.52. The number of amides is 3. The normalized spacial score (nSPS) is 13.6. The van der Waals surface area contributed by atoms with Gasteiger partial charge in [-0.2, -0.15) is 22.0 Å². The number of Topliss-reactive ketones (excluding diaryl/α,β-unsaturated/α-hetero) is 1. The number of ketones is 1. The van der Waals surface area contributed by atoms with Crippen molar-refractivity contribution in [1.29, 1.82) is 0 Å². The van der Waals surface area contributed by atoms with Crippen molar-refractivity contribution >= 4 is 52.8 Å². The predicted molar refractivity (Wildman–Crippen MR) is 139 cm³/mol.